The second-order valence-corrected chi connectivity index (χ2v) is 12.3. The Labute approximate surface area is 240 Å². The molecule has 1 unspecified atom stereocenters. The van der Waals surface area contributed by atoms with Crippen molar-refractivity contribution in [3.05, 3.63) is 47.5 Å². The van der Waals surface area contributed by atoms with E-state index in [-0.39, 0.29) is 34.7 Å². The van der Waals surface area contributed by atoms with Crippen LogP contribution in [0, 0.1) is 5.92 Å². The fourth-order valence-electron chi connectivity index (χ4n) is 5.83. The molecule has 2 N–H and O–H groups in total. The summed E-state index contributed by atoms with van der Waals surface area (Å²) < 4.78 is 10.7. The summed E-state index contributed by atoms with van der Waals surface area (Å²) in [4.78, 5) is 14.3. The molecule has 1 aliphatic heterocycles. The predicted molar refractivity (Wildman–Crippen MR) is 157 cm³/mol. The molecule has 1 aliphatic carbocycles. The fourth-order valence-corrected chi connectivity index (χ4v) is 6.27. The minimum atomic E-state index is -0.466. The van der Waals surface area contributed by atoms with E-state index in [4.69, 9.17) is 21.1 Å². The molecule has 5 atom stereocenters. The Bertz CT molecular complexity index is 883. The van der Waals surface area contributed by atoms with Crippen molar-refractivity contribution in [1.82, 2.24) is 4.90 Å². The largest absolute Gasteiger partial charge is 0.464 e. The number of benzene rings is 1. The highest BCUT2D eigenvalue weighted by atomic mass is 35.5. The van der Waals surface area contributed by atoms with Crippen LogP contribution in [0.4, 0.5) is 0 Å². The Hall–Kier alpha value is -1.44. The second kappa shape index (κ2) is 16.1. The molecule has 220 valence electrons. The zero-order valence-electron chi connectivity index (χ0n) is 24.2. The quantitative estimate of drug-likeness (QED) is 0.125. The van der Waals surface area contributed by atoms with Gasteiger partial charge in [0.2, 0.25) is 0 Å². The van der Waals surface area contributed by atoms with E-state index in [0.717, 1.165) is 82.5 Å². The van der Waals surface area contributed by atoms with Crippen molar-refractivity contribution in [3.8, 4) is 0 Å². The molecule has 2 fully saturated rings. The van der Waals surface area contributed by atoms with Gasteiger partial charge in [0.25, 0.3) is 0 Å². The van der Waals surface area contributed by atoms with Crippen LogP contribution in [0.3, 0.4) is 0 Å². The summed E-state index contributed by atoms with van der Waals surface area (Å²) in [7, 11) is 0. The van der Waals surface area contributed by atoms with Crippen molar-refractivity contribution < 1.29 is 24.5 Å². The molecule has 1 saturated heterocycles. The Morgan fingerprint density at radius 1 is 1.21 bits per heavy atom. The monoisotopic (exact) mass is 563 g/mol. The molecule has 6 nitrogen and oxygen atoms in total. The Kier molecular flexibility index (Phi) is 13.3. The normalized spacial score (nSPS) is 25.3. The number of halogens is 1. The molecule has 1 heterocycles. The van der Waals surface area contributed by atoms with Crippen LogP contribution in [-0.2, 0) is 19.7 Å². The molecular weight excluding hydrogens is 514 g/mol. The van der Waals surface area contributed by atoms with Crippen molar-refractivity contribution in [3.63, 3.8) is 0 Å². The number of hydrogen-bond acceptors (Lipinski definition) is 6. The lowest BCUT2D eigenvalue weighted by Crippen LogP contribution is -2.38. The third kappa shape index (κ3) is 9.57. The highest BCUT2D eigenvalue weighted by molar-refractivity contribution is 6.21. The van der Waals surface area contributed by atoms with Crippen molar-refractivity contribution in [2.75, 3.05) is 39.5 Å². The van der Waals surface area contributed by atoms with E-state index < -0.39 is 6.10 Å². The molecule has 0 bridgehead atoms. The molecule has 2 aliphatic rings. The third-order valence-electron chi connectivity index (χ3n) is 8.61. The van der Waals surface area contributed by atoms with Crippen molar-refractivity contribution >= 4 is 17.6 Å². The molecule has 1 aromatic carbocycles. The number of allylic oxidation sites excluding steroid dienone is 2. The number of nitrogens with zero attached hydrogens (tertiary/aromatic N) is 1. The Morgan fingerprint density at radius 3 is 2.62 bits per heavy atom. The summed E-state index contributed by atoms with van der Waals surface area (Å²) in [6, 6.07) is 8.42. The maximum atomic E-state index is 12.0. The zero-order chi connectivity index (χ0) is 28.3. The van der Waals surface area contributed by atoms with Gasteiger partial charge in [-0.05, 0) is 49.1 Å². The second-order valence-electron chi connectivity index (χ2n) is 11.8. The van der Waals surface area contributed by atoms with Crippen LogP contribution in [0.5, 0.6) is 0 Å². The summed E-state index contributed by atoms with van der Waals surface area (Å²) >= 11 is 6.70. The molecule has 3 rings (SSSR count). The van der Waals surface area contributed by atoms with Crippen LogP contribution in [0.25, 0.3) is 0 Å². The molecule has 0 radical (unpaired) electrons. The lowest BCUT2D eigenvalue weighted by Gasteiger charge is -2.32. The number of esters is 1. The summed E-state index contributed by atoms with van der Waals surface area (Å²) in [6.07, 6.45) is 9.68. The summed E-state index contributed by atoms with van der Waals surface area (Å²) in [5.41, 5.74) is 1.89. The summed E-state index contributed by atoms with van der Waals surface area (Å²) in [5, 5.41) is 21.5. The minimum absolute atomic E-state index is 0.0132. The number of aliphatic hydroxyl groups excluding tert-OH is 2. The van der Waals surface area contributed by atoms with Gasteiger partial charge >= 0.3 is 5.97 Å². The molecule has 7 heteroatoms. The van der Waals surface area contributed by atoms with Gasteiger partial charge < -0.3 is 19.7 Å². The summed E-state index contributed by atoms with van der Waals surface area (Å²) in [5.74, 6) is -0.00110. The number of morpholine rings is 1. The number of carbonyl (C=O) groups is 1. The van der Waals surface area contributed by atoms with Gasteiger partial charge in [0.1, 0.15) is 6.61 Å². The predicted octanol–water partition coefficient (Wildman–Crippen LogP) is 5.58. The van der Waals surface area contributed by atoms with Crippen molar-refractivity contribution in [2.45, 2.75) is 101 Å². The average molecular weight is 564 g/mol. The van der Waals surface area contributed by atoms with Crippen LogP contribution in [0.2, 0.25) is 0 Å². The van der Waals surface area contributed by atoms with E-state index >= 15 is 0 Å². The van der Waals surface area contributed by atoms with Gasteiger partial charge in [-0.3, -0.25) is 9.69 Å². The van der Waals surface area contributed by atoms with E-state index in [1.54, 1.807) is 0 Å². The van der Waals surface area contributed by atoms with E-state index in [1.165, 1.54) is 0 Å². The van der Waals surface area contributed by atoms with Crippen LogP contribution in [0.15, 0.2) is 36.4 Å². The van der Waals surface area contributed by atoms with Crippen LogP contribution in [-0.4, -0.2) is 78.1 Å². The van der Waals surface area contributed by atoms with Crippen LogP contribution in [0.1, 0.15) is 89.2 Å². The first-order valence-corrected chi connectivity index (χ1v) is 15.4. The first-order chi connectivity index (χ1) is 18.7. The topological polar surface area (TPSA) is 79.2 Å². The highest BCUT2D eigenvalue weighted by Crippen LogP contribution is 2.45. The van der Waals surface area contributed by atoms with E-state index in [0.29, 0.717) is 19.4 Å². The number of hydrogen-bond donors (Lipinski definition) is 2. The SMILES string of the molecule is CCCCC(O)C(C)(C)c1ccc([C@@H]2[C@@H](CC=CCCCC(=O)OCCN3CCOCC3)[C@H](Cl)C[C@H]2O)cc1. The first kappa shape index (κ1) is 32.1. The van der Waals surface area contributed by atoms with Gasteiger partial charge in [0.05, 0.1) is 25.4 Å². The number of rotatable bonds is 15. The molecule has 1 saturated carbocycles. The van der Waals surface area contributed by atoms with Gasteiger partial charge in [-0.1, -0.05) is 70.0 Å². The van der Waals surface area contributed by atoms with Gasteiger partial charge in [-0.25, -0.2) is 0 Å². The smallest absolute Gasteiger partial charge is 0.305 e. The lowest BCUT2D eigenvalue weighted by molar-refractivity contribution is -0.144. The highest BCUT2D eigenvalue weighted by Gasteiger charge is 2.42. The molecular formula is C32H50ClNO5. The third-order valence-corrected chi connectivity index (χ3v) is 9.11. The maximum Gasteiger partial charge on any atom is 0.305 e. The van der Waals surface area contributed by atoms with E-state index in [2.05, 4.69) is 62.1 Å². The van der Waals surface area contributed by atoms with E-state index in [9.17, 15) is 15.0 Å². The average Bonchev–Trinajstić information content (AvgIpc) is 3.22. The standard InChI is InChI=1S/C32H50ClNO5/c1-4-5-11-29(36)32(2,3)25-15-13-24(14-16-25)31-26(27(33)23-28(31)35)10-8-6-7-9-12-30(37)39-22-19-34-17-20-38-21-18-34/h6,8,13-16,26-29,31,35-36H,4-5,7,9-12,17-23H2,1-3H3/t26-,27+,28+,29?,31+/m0/s1. The minimum Gasteiger partial charge on any atom is -0.464 e. The molecule has 0 amide bonds. The van der Waals surface area contributed by atoms with Gasteiger partial charge in [0, 0.05) is 42.8 Å². The first-order valence-electron chi connectivity index (χ1n) is 14.9. The number of aliphatic hydroxyl groups is 2. The van der Waals surface area contributed by atoms with E-state index in [1.807, 2.05) is 0 Å². The fraction of sp³-hybridized carbons (Fsp3) is 0.719. The molecule has 0 spiro atoms. The van der Waals surface area contributed by atoms with Crippen LogP contribution < -0.4 is 0 Å². The number of alkyl halides is 1. The molecule has 39 heavy (non-hydrogen) atoms. The van der Waals surface area contributed by atoms with Gasteiger partial charge in [-0.15, -0.1) is 11.6 Å². The lowest BCUT2D eigenvalue weighted by atomic mass is 9.76. The Morgan fingerprint density at radius 2 is 1.92 bits per heavy atom. The van der Waals surface area contributed by atoms with Crippen molar-refractivity contribution in [1.29, 1.82) is 0 Å². The number of ether oxygens (including phenoxy) is 2. The number of unbranched alkanes of at least 4 members (excludes halogenated alkanes) is 2. The van der Waals surface area contributed by atoms with Crippen LogP contribution >= 0.6 is 11.6 Å². The maximum absolute atomic E-state index is 12.0. The Balaban J connectivity index is 1.44. The summed E-state index contributed by atoms with van der Waals surface area (Å²) in [6.45, 7) is 10.8. The molecule has 0 aromatic heterocycles. The number of carbonyl (C=O) groups excluding carboxylic acids is 1. The molecule has 1 aromatic rings. The van der Waals surface area contributed by atoms with Gasteiger partial charge in [0.15, 0.2) is 0 Å². The van der Waals surface area contributed by atoms with Crippen molar-refractivity contribution in [2.24, 2.45) is 5.92 Å². The van der Waals surface area contributed by atoms with Gasteiger partial charge in [-0.2, -0.15) is 0 Å². The zero-order valence-corrected chi connectivity index (χ0v) is 25.0.